The van der Waals surface area contributed by atoms with E-state index in [1.54, 1.807) is 29.2 Å². The zero-order valence-corrected chi connectivity index (χ0v) is 13.5. The van der Waals surface area contributed by atoms with Crippen LogP contribution in [0.2, 0.25) is 0 Å². The van der Waals surface area contributed by atoms with Crippen LogP contribution in [0.1, 0.15) is 16.1 Å². The van der Waals surface area contributed by atoms with Crippen molar-refractivity contribution >= 4 is 28.8 Å². The van der Waals surface area contributed by atoms with Gasteiger partial charge in [-0.3, -0.25) is 9.59 Å². The van der Waals surface area contributed by atoms with E-state index >= 15 is 0 Å². The molecule has 0 aliphatic carbocycles. The Bertz CT molecular complexity index is 798. The maximum atomic E-state index is 11.9. The van der Waals surface area contributed by atoms with Crippen LogP contribution < -0.4 is 10.6 Å². The average molecular weight is 341 g/mol. The Hall–Kier alpha value is -3.00. The van der Waals surface area contributed by atoms with Gasteiger partial charge in [-0.25, -0.2) is 9.67 Å². The van der Waals surface area contributed by atoms with E-state index in [0.717, 1.165) is 5.69 Å². The third kappa shape index (κ3) is 4.05. The van der Waals surface area contributed by atoms with E-state index in [1.165, 1.54) is 17.7 Å². The molecule has 0 atom stereocenters. The monoisotopic (exact) mass is 341 g/mol. The van der Waals surface area contributed by atoms with Gasteiger partial charge < -0.3 is 10.6 Å². The van der Waals surface area contributed by atoms with Gasteiger partial charge in [-0.1, -0.05) is 6.07 Å². The largest absolute Gasteiger partial charge is 0.351 e. The van der Waals surface area contributed by atoms with Gasteiger partial charge in [0.1, 0.15) is 12.7 Å². The number of aromatic nitrogens is 3. The lowest BCUT2D eigenvalue weighted by Crippen LogP contribution is -2.27. The lowest BCUT2D eigenvalue weighted by molar-refractivity contribution is -0.116. The van der Waals surface area contributed by atoms with E-state index in [-0.39, 0.29) is 18.2 Å². The number of thiophene rings is 1. The van der Waals surface area contributed by atoms with E-state index in [0.29, 0.717) is 17.1 Å². The second kappa shape index (κ2) is 7.51. The molecule has 0 fully saturated rings. The molecule has 0 radical (unpaired) electrons. The van der Waals surface area contributed by atoms with Gasteiger partial charge in [0.15, 0.2) is 0 Å². The van der Waals surface area contributed by atoms with Crippen molar-refractivity contribution in [2.45, 2.75) is 6.42 Å². The Labute approximate surface area is 142 Å². The van der Waals surface area contributed by atoms with E-state index in [4.69, 9.17) is 0 Å². The average Bonchev–Trinajstić information content (AvgIpc) is 3.29. The summed E-state index contributed by atoms with van der Waals surface area (Å²) in [4.78, 5) is 28.2. The first-order chi connectivity index (χ1) is 11.7. The van der Waals surface area contributed by atoms with Crippen molar-refractivity contribution in [2.24, 2.45) is 0 Å². The minimum Gasteiger partial charge on any atom is -0.351 e. The number of nitrogens with one attached hydrogen (secondary N) is 2. The second-order valence-corrected chi connectivity index (χ2v) is 5.87. The minimum atomic E-state index is -0.157. The smallest absolute Gasteiger partial charge is 0.261 e. The highest BCUT2D eigenvalue weighted by Gasteiger charge is 2.07. The first-order valence-electron chi connectivity index (χ1n) is 7.29. The van der Waals surface area contributed by atoms with Gasteiger partial charge in [0, 0.05) is 18.7 Å². The summed E-state index contributed by atoms with van der Waals surface area (Å²) in [6, 6.07) is 10.8. The highest BCUT2D eigenvalue weighted by molar-refractivity contribution is 7.12. The summed E-state index contributed by atoms with van der Waals surface area (Å²) < 4.78 is 1.63. The van der Waals surface area contributed by atoms with Crippen molar-refractivity contribution in [1.29, 1.82) is 0 Å². The summed E-state index contributed by atoms with van der Waals surface area (Å²) in [5.41, 5.74) is 1.54. The Kier molecular flexibility index (Phi) is 4.97. The number of rotatable bonds is 6. The number of hydrogen-bond donors (Lipinski definition) is 2. The van der Waals surface area contributed by atoms with Crippen LogP contribution in [0.15, 0.2) is 54.4 Å². The van der Waals surface area contributed by atoms with Crippen LogP contribution in [0.3, 0.4) is 0 Å². The Morgan fingerprint density at radius 1 is 1.17 bits per heavy atom. The predicted octanol–water partition coefficient (Wildman–Crippen LogP) is 2.09. The number of anilines is 1. The minimum absolute atomic E-state index is 0.157. The Morgan fingerprint density at radius 2 is 2.00 bits per heavy atom. The normalized spacial score (nSPS) is 10.3. The molecule has 2 amide bonds. The molecule has 2 N–H and O–H groups in total. The summed E-state index contributed by atoms with van der Waals surface area (Å²) in [7, 11) is 0. The molecule has 0 aliphatic rings. The van der Waals surface area contributed by atoms with Crippen LogP contribution >= 0.6 is 11.3 Å². The van der Waals surface area contributed by atoms with E-state index in [9.17, 15) is 9.59 Å². The van der Waals surface area contributed by atoms with Crippen LogP contribution in [0.25, 0.3) is 5.69 Å². The molecule has 0 saturated heterocycles. The molecule has 0 saturated carbocycles. The molecule has 0 bridgehead atoms. The van der Waals surface area contributed by atoms with Gasteiger partial charge >= 0.3 is 0 Å². The van der Waals surface area contributed by atoms with Gasteiger partial charge in [-0.15, -0.1) is 11.3 Å². The van der Waals surface area contributed by atoms with Crippen molar-refractivity contribution < 1.29 is 9.59 Å². The maximum absolute atomic E-state index is 11.9. The van der Waals surface area contributed by atoms with Crippen LogP contribution in [-0.4, -0.2) is 33.1 Å². The first kappa shape index (κ1) is 15.9. The molecular formula is C16H15N5O2S. The van der Waals surface area contributed by atoms with Crippen molar-refractivity contribution in [1.82, 2.24) is 20.1 Å². The van der Waals surface area contributed by atoms with Crippen LogP contribution in [0.5, 0.6) is 0 Å². The van der Waals surface area contributed by atoms with Gasteiger partial charge in [0.2, 0.25) is 5.91 Å². The maximum Gasteiger partial charge on any atom is 0.261 e. The molecule has 1 aromatic carbocycles. The summed E-state index contributed by atoms with van der Waals surface area (Å²) in [6.07, 6.45) is 3.27. The van der Waals surface area contributed by atoms with Crippen LogP contribution in [-0.2, 0) is 4.79 Å². The number of amides is 2. The van der Waals surface area contributed by atoms with Crippen molar-refractivity contribution in [2.75, 3.05) is 11.9 Å². The highest BCUT2D eigenvalue weighted by Crippen LogP contribution is 2.12. The third-order valence-corrected chi connectivity index (χ3v) is 4.09. The Morgan fingerprint density at radius 3 is 2.67 bits per heavy atom. The van der Waals surface area contributed by atoms with E-state index in [1.807, 2.05) is 23.6 Å². The van der Waals surface area contributed by atoms with Gasteiger partial charge in [-0.2, -0.15) is 5.10 Å². The number of benzene rings is 1. The standard InChI is InChI=1S/C16H15N5O2S/c22-15(7-8-18-16(23)14-2-1-9-24-14)20-12-3-5-13(6-4-12)21-11-17-10-19-21/h1-6,9-11H,7-8H2,(H,18,23)(H,20,22). The third-order valence-electron chi connectivity index (χ3n) is 3.22. The molecule has 0 spiro atoms. The fourth-order valence-electron chi connectivity index (χ4n) is 2.05. The molecular weight excluding hydrogens is 326 g/mol. The van der Waals surface area contributed by atoms with Crippen LogP contribution in [0.4, 0.5) is 5.69 Å². The number of nitrogens with zero attached hydrogens (tertiary/aromatic N) is 3. The molecule has 3 rings (SSSR count). The fraction of sp³-hybridized carbons (Fsp3) is 0.125. The summed E-state index contributed by atoms with van der Waals surface area (Å²) in [6.45, 7) is 0.291. The molecule has 3 aromatic rings. The lowest BCUT2D eigenvalue weighted by Gasteiger charge is -2.07. The zero-order chi connectivity index (χ0) is 16.8. The fourth-order valence-corrected chi connectivity index (χ4v) is 2.69. The SMILES string of the molecule is O=C(CCNC(=O)c1cccs1)Nc1ccc(-n2cncn2)cc1. The molecule has 2 aromatic heterocycles. The lowest BCUT2D eigenvalue weighted by atomic mass is 10.2. The molecule has 2 heterocycles. The number of carbonyl (C=O) groups excluding carboxylic acids is 2. The Balaban J connectivity index is 1.46. The topological polar surface area (TPSA) is 88.9 Å². The van der Waals surface area contributed by atoms with Crippen molar-refractivity contribution in [3.05, 3.63) is 59.3 Å². The van der Waals surface area contributed by atoms with Gasteiger partial charge in [0.25, 0.3) is 5.91 Å². The van der Waals surface area contributed by atoms with Crippen molar-refractivity contribution in [3.8, 4) is 5.69 Å². The summed E-state index contributed by atoms with van der Waals surface area (Å²) in [5, 5.41) is 11.4. The quantitative estimate of drug-likeness (QED) is 0.718. The number of carbonyl (C=O) groups is 2. The van der Waals surface area contributed by atoms with Gasteiger partial charge in [0.05, 0.1) is 10.6 Å². The first-order valence-corrected chi connectivity index (χ1v) is 8.17. The van der Waals surface area contributed by atoms with Crippen LogP contribution in [0, 0.1) is 0 Å². The molecule has 24 heavy (non-hydrogen) atoms. The predicted molar refractivity (Wildman–Crippen MR) is 91.3 cm³/mol. The zero-order valence-electron chi connectivity index (χ0n) is 12.7. The molecule has 0 aliphatic heterocycles. The van der Waals surface area contributed by atoms with Crippen molar-refractivity contribution in [3.63, 3.8) is 0 Å². The van der Waals surface area contributed by atoms with E-state index in [2.05, 4.69) is 20.7 Å². The molecule has 122 valence electrons. The molecule has 0 unspecified atom stereocenters. The number of hydrogen-bond acceptors (Lipinski definition) is 5. The van der Waals surface area contributed by atoms with Gasteiger partial charge in [-0.05, 0) is 35.7 Å². The summed E-state index contributed by atoms with van der Waals surface area (Å²) in [5.74, 6) is -0.315. The second-order valence-electron chi connectivity index (χ2n) is 4.92. The highest BCUT2D eigenvalue weighted by atomic mass is 32.1. The van der Waals surface area contributed by atoms with E-state index < -0.39 is 0 Å². The molecule has 8 heteroatoms. The summed E-state index contributed by atoms with van der Waals surface area (Å²) >= 11 is 1.37. The molecule has 7 nitrogen and oxygen atoms in total.